The van der Waals surface area contributed by atoms with E-state index in [1.54, 1.807) is 39.0 Å². The third-order valence-corrected chi connectivity index (χ3v) is 6.99. The first-order valence-electron chi connectivity index (χ1n) is 12.4. The van der Waals surface area contributed by atoms with Gasteiger partial charge in [0, 0.05) is 18.3 Å². The van der Waals surface area contributed by atoms with Crippen LogP contribution in [0.4, 0.5) is 23.7 Å². The number of methoxy groups -OCH3 is 1. The highest BCUT2D eigenvalue weighted by atomic mass is 32.2. The van der Waals surface area contributed by atoms with Crippen LogP contribution in [0.25, 0.3) is 0 Å². The lowest BCUT2D eigenvalue weighted by Gasteiger charge is -2.27. The zero-order valence-corrected chi connectivity index (χ0v) is 23.5. The van der Waals surface area contributed by atoms with Crippen molar-refractivity contribution in [2.45, 2.75) is 44.4 Å². The molecule has 0 atom stereocenters. The summed E-state index contributed by atoms with van der Waals surface area (Å²) >= 11 is 0. The number of carbonyl (C=O) groups excluding carboxylic acids is 2. The summed E-state index contributed by atoms with van der Waals surface area (Å²) in [4.78, 5) is 25.7. The number of esters is 1. The van der Waals surface area contributed by atoms with Crippen molar-refractivity contribution in [3.8, 4) is 11.5 Å². The third kappa shape index (κ3) is 8.13. The Morgan fingerprint density at radius 2 is 1.66 bits per heavy atom. The highest BCUT2D eigenvalue weighted by molar-refractivity contribution is 7.87. The molecule has 3 aromatic rings. The summed E-state index contributed by atoms with van der Waals surface area (Å²) in [6, 6.07) is 12.9. The molecule has 0 aromatic heterocycles. The summed E-state index contributed by atoms with van der Waals surface area (Å²) in [6.07, 6.45) is -4.74. The van der Waals surface area contributed by atoms with Gasteiger partial charge in [-0.05, 0) is 80.9 Å². The number of halogens is 3. The lowest BCUT2D eigenvalue weighted by Crippen LogP contribution is -2.39. The smallest absolute Gasteiger partial charge is 0.416 e. The van der Waals surface area contributed by atoms with E-state index >= 15 is 0 Å². The highest BCUT2D eigenvalue weighted by Gasteiger charge is 2.32. The normalized spacial score (nSPS) is 11.6. The maximum absolute atomic E-state index is 13.1. The van der Waals surface area contributed by atoms with Gasteiger partial charge in [-0.1, -0.05) is 12.1 Å². The molecule has 0 radical (unpaired) electrons. The first-order chi connectivity index (χ1) is 19.2. The summed E-state index contributed by atoms with van der Waals surface area (Å²) in [7, 11) is -3.39. The Balaban J connectivity index is 1.81. The molecule has 9 nitrogen and oxygen atoms in total. The van der Waals surface area contributed by atoms with Crippen molar-refractivity contribution in [2.24, 2.45) is 0 Å². The molecule has 41 heavy (non-hydrogen) atoms. The molecule has 1 N–H and O–H groups in total. The second-order valence-electron chi connectivity index (χ2n) is 9.00. The average molecular weight is 595 g/mol. The number of rotatable bonds is 10. The first kappa shape index (κ1) is 31.3. The van der Waals surface area contributed by atoms with Crippen LogP contribution in [-0.2, 0) is 27.6 Å². The Kier molecular flexibility index (Phi) is 9.87. The molecule has 13 heteroatoms. The van der Waals surface area contributed by atoms with Gasteiger partial charge in [-0.25, -0.2) is 9.59 Å². The van der Waals surface area contributed by atoms with Crippen LogP contribution < -0.4 is 14.2 Å². The van der Waals surface area contributed by atoms with Gasteiger partial charge in [0.2, 0.25) is 0 Å². The average Bonchev–Trinajstić information content (AvgIpc) is 2.91. The number of benzene rings is 3. The predicted octanol–water partition coefficient (Wildman–Crippen LogP) is 6.10. The molecule has 0 spiro atoms. The summed E-state index contributed by atoms with van der Waals surface area (Å²) < 4.78 is 80.4. The van der Waals surface area contributed by atoms with Crippen LogP contribution in [0, 0.1) is 0 Å². The first-order valence-corrected chi connectivity index (χ1v) is 13.8. The van der Waals surface area contributed by atoms with Crippen molar-refractivity contribution in [3.05, 3.63) is 83.4 Å². The summed E-state index contributed by atoms with van der Waals surface area (Å²) in [5.41, 5.74) is 0.0783. The van der Waals surface area contributed by atoms with E-state index in [2.05, 4.69) is 5.32 Å². The molecule has 0 aliphatic heterocycles. The van der Waals surface area contributed by atoms with Gasteiger partial charge in [0.1, 0.15) is 4.90 Å². The molecule has 2 amide bonds. The molecule has 3 rings (SSSR count). The van der Waals surface area contributed by atoms with Crippen LogP contribution in [0.3, 0.4) is 0 Å². The van der Waals surface area contributed by atoms with E-state index in [1.165, 1.54) is 36.3 Å². The minimum atomic E-state index is -4.74. The largest absolute Gasteiger partial charge is 0.493 e. The van der Waals surface area contributed by atoms with Crippen LogP contribution in [0.5, 0.6) is 11.5 Å². The Labute approximate surface area is 235 Å². The van der Waals surface area contributed by atoms with E-state index in [0.29, 0.717) is 22.9 Å². The number of amides is 2. The summed E-state index contributed by atoms with van der Waals surface area (Å²) in [6.45, 7) is 5.51. The topological polar surface area (TPSA) is 111 Å². The predicted molar refractivity (Wildman–Crippen MR) is 144 cm³/mol. The summed E-state index contributed by atoms with van der Waals surface area (Å²) in [5.74, 6) is -0.727. The van der Waals surface area contributed by atoms with E-state index in [4.69, 9.17) is 13.7 Å². The van der Waals surface area contributed by atoms with Gasteiger partial charge in [-0.15, -0.1) is 0 Å². The van der Waals surface area contributed by atoms with E-state index in [-0.39, 0.29) is 30.7 Å². The standard InChI is InChI=1S/C28H29F3N2O7S/c1-5-39-26(34)20-10-12-22(13-11-20)32-27(35)33(18(2)3)17-19-9-14-24(38-4)25(15-19)40-41(36,37)23-8-6-7-21(16-23)28(29,30)31/h6-16,18H,5,17H2,1-4H3,(H,32,35). The quantitative estimate of drug-likeness (QED) is 0.223. The van der Waals surface area contributed by atoms with Crippen LogP contribution in [0.1, 0.15) is 42.3 Å². The molecular weight excluding hydrogens is 565 g/mol. The van der Waals surface area contributed by atoms with Crippen molar-refractivity contribution in [2.75, 3.05) is 19.0 Å². The van der Waals surface area contributed by atoms with Crippen molar-refractivity contribution < 1.29 is 44.8 Å². The third-order valence-electron chi connectivity index (χ3n) is 5.76. The molecule has 0 heterocycles. The zero-order valence-electron chi connectivity index (χ0n) is 22.7. The second-order valence-corrected chi connectivity index (χ2v) is 10.5. The minimum absolute atomic E-state index is 0.0199. The Morgan fingerprint density at radius 1 is 0.976 bits per heavy atom. The SMILES string of the molecule is CCOC(=O)c1ccc(NC(=O)N(Cc2ccc(OC)c(OS(=O)(=O)c3cccc(C(F)(F)F)c3)c2)C(C)C)cc1. The highest BCUT2D eigenvalue weighted by Crippen LogP contribution is 2.34. The number of alkyl halides is 3. The molecule has 0 bridgehead atoms. The second kappa shape index (κ2) is 12.9. The van der Waals surface area contributed by atoms with Crippen LogP contribution in [0.2, 0.25) is 0 Å². The van der Waals surface area contributed by atoms with Crippen molar-refractivity contribution in [1.29, 1.82) is 0 Å². The van der Waals surface area contributed by atoms with Crippen molar-refractivity contribution >= 4 is 27.8 Å². The Bertz CT molecular complexity index is 1490. The van der Waals surface area contributed by atoms with E-state index < -0.39 is 38.8 Å². The monoisotopic (exact) mass is 594 g/mol. The molecule has 0 saturated heterocycles. The van der Waals surface area contributed by atoms with E-state index in [9.17, 15) is 31.2 Å². The van der Waals surface area contributed by atoms with Gasteiger partial charge in [0.25, 0.3) is 0 Å². The summed E-state index contributed by atoms with van der Waals surface area (Å²) in [5, 5.41) is 2.75. The van der Waals surface area contributed by atoms with Crippen LogP contribution >= 0.6 is 0 Å². The van der Waals surface area contributed by atoms with Gasteiger partial charge >= 0.3 is 28.3 Å². The minimum Gasteiger partial charge on any atom is -0.493 e. The molecule has 0 fully saturated rings. The number of urea groups is 1. The fourth-order valence-electron chi connectivity index (χ4n) is 3.66. The molecule has 3 aromatic carbocycles. The molecule has 0 saturated carbocycles. The number of anilines is 1. The molecule has 220 valence electrons. The Hall–Kier alpha value is -4.26. The van der Waals surface area contributed by atoms with Crippen molar-refractivity contribution in [3.63, 3.8) is 0 Å². The van der Waals surface area contributed by atoms with Crippen molar-refractivity contribution in [1.82, 2.24) is 4.90 Å². The molecule has 0 unspecified atom stereocenters. The van der Waals surface area contributed by atoms with Crippen LogP contribution in [0.15, 0.2) is 71.6 Å². The fraction of sp³-hybridized carbons (Fsp3) is 0.286. The Morgan fingerprint density at radius 3 is 2.24 bits per heavy atom. The van der Waals surface area contributed by atoms with Gasteiger partial charge in [0.05, 0.1) is 24.8 Å². The van der Waals surface area contributed by atoms with Gasteiger partial charge in [-0.3, -0.25) is 0 Å². The number of ether oxygens (including phenoxy) is 2. The van der Waals surface area contributed by atoms with Gasteiger partial charge in [-0.2, -0.15) is 21.6 Å². The molecule has 0 aliphatic rings. The van der Waals surface area contributed by atoms with Gasteiger partial charge < -0.3 is 23.9 Å². The van der Waals surface area contributed by atoms with E-state index in [1.807, 2.05) is 0 Å². The lowest BCUT2D eigenvalue weighted by molar-refractivity contribution is -0.137. The maximum Gasteiger partial charge on any atom is 0.416 e. The maximum atomic E-state index is 13.1. The number of nitrogens with one attached hydrogen (secondary N) is 1. The fourth-order valence-corrected chi connectivity index (χ4v) is 4.64. The zero-order chi connectivity index (χ0) is 30.4. The number of nitrogens with zero attached hydrogens (tertiary/aromatic N) is 1. The lowest BCUT2D eigenvalue weighted by atomic mass is 10.1. The van der Waals surface area contributed by atoms with Crippen LogP contribution in [-0.4, -0.2) is 45.1 Å². The molecular formula is C28H29F3N2O7S. The number of hydrogen-bond acceptors (Lipinski definition) is 7. The number of carbonyl (C=O) groups is 2. The van der Waals surface area contributed by atoms with E-state index in [0.717, 1.165) is 18.2 Å². The van der Waals surface area contributed by atoms with Gasteiger partial charge in [0.15, 0.2) is 11.5 Å². The number of hydrogen-bond donors (Lipinski definition) is 1. The molecule has 0 aliphatic carbocycles.